The second-order valence-corrected chi connectivity index (χ2v) is 10.4. The molecule has 2 N–H and O–H groups in total. The molecule has 38 heavy (non-hydrogen) atoms. The van der Waals surface area contributed by atoms with Gasteiger partial charge in [0.25, 0.3) is 0 Å². The molecule has 0 bridgehead atoms. The van der Waals surface area contributed by atoms with Crippen LogP contribution in [0.15, 0.2) is 52.2 Å². The summed E-state index contributed by atoms with van der Waals surface area (Å²) in [5.74, 6) is -2.57. The molecule has 1 aliphatic heterocycles. The van der Waals surface area contributed by atoms with Crippen molar-refractivity contribution in [1.29, 1.82) is 0 Å². The number of thiophene rings is 1. The monoisotopic (exact) mass is 542 g/mol. The maximum Gasteiger partial charge on any atom is 0.336 e. The number of rotatable bonds is 9. The highest BCUT2D eigenvalue weighted by atomic mass is 32.1. The number of nitro benzene ring substituents is 1. The lowest BCUT2D eigenvalue weighted by Gasteiger charge is -2.36. The third-order valence-corrected chi connectivity index (χ3v) is 7.62. The van der Waals surface area contributed by atoms with E-state index in [2.05, 4.69) is 5.32 Å². The van der Waals surface area contributed by atoms with Gasteiger partial charge in [-0.1, -0.05) is 6.07 Å². The van der Waals surface area contributed by atoms with Crippen LogP contribution in [0.3, 0.4) is 0 Å². The number of carbonyl (C=O) groups excluding carboxylic acids is 2. The number of ketones is 1. The lowest BCUT2D eigenvalue weighted by atomic mass is 9.72. The van der Waals surface area contributed by atoms with E-state index in [9.17, 15) is 24.8 Å². The molecule has 10 nitrogen and oxygen atoms in total. The maximum absolute atomic E-state index is 13.7. The van der Waals surface area contributed by atoms with Crippen LogP contribution in [-0.4, -0.2) is 48.2 Å². The molecule has 0 amide bonds. The Morgan fingerprint density at radius 1 is 1.29 bits per heavy atom. The highest BCUT2D eigenvalue weighted by Crippen LogP contribution is 2.49. The molecule has 0 radical (unpaired) electrons. The van der Waals surface area contributed by atoms with Gasteiger partial charge in [-0.15, -0.1) is 11.3 Å². The van der Waals surface area contributed by atoms with Crippen molar-refractivity contribution in [3.63, 3.8) is 0 Å². The van der Waals surface area contributed by atoms with Gasteiger partial charge in [0.05, 0.1) is 30.3 Å². The van der Waals surface area contributed by atoms with Crippen molar-refractivity contribution in [2.24, 2.45) is 0 Å². The molecule has 0 saturated heterocycles. The van der Waals surface area contributed by atoms with E-state index in [0.717, 1.165) is 4.88 Å². The van der Waals surface area contributed by atoms with E-state index in [0.29, 0.717) is 23.4 Å². The van der Waals surface area contributed by atoms with Crippen LogP contribution in [0.25, 0.3) is 0 Å². The van der Waals surface area contributed by atoms with Gasteiger partial charge in [0.1, 0.15) is 6.61 Å². The number of methoxy groups -OCH3 is 1. The quantitative estimate of drug-likeness (QED) is 0.200. The van der Waals surface area contributed by atoms with Gasteiger partial charge in [0, 0.05) is 46.2 Å². The summed E-state index contributed by atoms with van der Waals surface area (Å²) in [5.41, 5.74) is 1.35. The molecule has 2 atom stereocenters. The maximum atomic E-state index is 13.7. The summed E-state index contributed by atoms with van der Waals surface area (Å²) < 4.78 is 16.2. The molecule has 1 aromatic heterocycles. The molecule has 2 heterocycles. The molecule has 11 heteroatoms. The van der Waals surface area contributed by atoms with Crippen LogP contribution in [0.1, 0.15) is 55.9 Å². The summed E-state index contributed by atoms with van der Waals surface area (Å²) in [6.45, 7) is 5.64. The number of nitrogens with one attached hydrogen (secondary N) is 1. The number of nitro groups is 1. The Morgan fingerprint density at radius 2 is 2.05 bits per heavy atom. The average molecular weight is 543 g/mol. The molecule has 202 valence electrons. The zero-order valence-corrected chi connectivity index (χ0v) is 22.4. The van der Waals surface area contributed by atoms with Crippen LogP contribution in [0.2, 0.25) is 0 Å². The van der Waals surface area contributed by atoms with Crippen molar-refractivity contribution in [3.05, 3.63) is 72.7 Å². The van der Waals surface area contributed by atoms with Crippen LogP contribution >= 0.6 is 11.3 Å². The summed E-state index contributed by atoms with van der Waals surface area (Å²) in [7, 11) is 1.28. The normalized spacial score (nSPS) is 19.3. The standard InChI is InChI=1S/C27H30N2O8S/c1-14(2)36-7-8-37-27(32)23-15(3)28-18-10-16(22-6-5-9-38-22)12-20(30)25(18)24(23)17-11-19(29(33)34)26(31)21(13-17)35-4/h5-6,9,11,13-14,16,24,28,31H,7-8,10,12H2,1-4H3/t16-,24+/m0/s1. The largest absolute Gasteiger partial charge is 0.500 e. The first kappa shape index (κ1) is 27.3. The Balaban J connectivity index is 1.80. The van der Waals surface area contributed by atoms with Crippen LogP contribution < -0.4 is 10.1 Å². The predicted molar refractivity (Wildman–Crippen MR) is 140 cm³/mol. The topological polar surface area (TPSA) is 137 Å². The summed E-state index contributed by atoms with van der Waals surface area (Å²) >= 11 is 1.58. The third kappa shape index (κ3) is 5.44. The van der Waals surface area contributed by atoms with Crippen molar-refractivity contribution in [1.82, 2.24) is 5.32 Å². The lowest BCUT2D eigenvalue weighted by molar-refractivity contribution is -0.386. The number of benzene rings is 1. The molecule has 2 aromatic rings. The number of esters is 1. The molecule has 0 fully saturated rings. The van der Waals surface area contributed by atoms with Crippen molar-refractivity contribution >= 4 is 28.8 Å². The van der Waals surface area contributed by atoms with E-state index in [1.165, 1.54) is 19.2 Å². The van der Waals surface area contributed by atoms with E-state index in [-0.39, 0.29) is 54.3 Å². The minimum atomic E-state index is -0.949. The third-order valence-electron chi connectivity index (χ3n) is 6.59. The van der Waals surface area contributed by atoms with Crippen molar-refractivity contribution < 1.29 is 33.8 Å². The number of aromatic hydroxyl groups is 1. The summed E-state index contributed by atoms with van der Waals surface area (Å²) in [5, 5.41) is 27.3. The Labute approximate surface area is 224 Å². The number of phenolic OH excluding ortho intramolecular Hbond substituents is 1. The fraction of sp³-hybridized carbons (Fsp3) is 0.407. The van der Waals surface area contributed by atoms with Crippen molar-refractivity contribution in [2.45, 2.75) is 51.6 Å². The Hall–Kier alpha value is -3.70. The number of phenols is 1. The highest BCUT2D eigenvalue weighted by Gasteiger charge is 2.42. The zero-order chi connectivity index (χ0) is 27.6. The summed E-state index contributed by atoms with van der Waals surface area (Å²) in [6.07, 6.45) is 0.739. The number of carbonyl (C=O) groups is 2. The second kappa shape index (κ2) is 11.4. The Morgan fingerprint density at radius 3 is 2.68 bits per heavy atom. The van der Waals surface area contributed by atoms with E-state index in [1.54, 1.807) is 18.3 Å². The van der Waals surface area contributed by atoms with Crippen LogP contribution in [0.5, 0.6) is 11.5 Å². The number of hydrogen-bond acceptors (Lipinski definition) is 10. The molecular formula is C27H30N2O8S. The molecule has 2 aliphatic rings. The molecule has 0 saturated carbocycles. The van der Waals surface area contributed by atoms with Crippen molar-refractivity contribution in [3.8, 4) is 11.5 Å². The fourth-order valence-corrected chi connectivity index (χ4v) is 5.77. The van der Waals surface area contributed by atoms with Gasteiger partial charge >= 0.3 is 11.7 Å². The lowest BCUT2D eigenvalue weighted by Crippen LogP contribution is -2.36. The first-order valence-corrected chi connectivity index (χ1v) is 13.1. The first-order chi connectivity index (χ1) is 18.1. The molecular weight excluding hydrogens is 512 g/mol. The van der Waals surface area contributed by atoms with E-state index in [4.69, 9.17) is 14.2 Å². The summed E-state index contributed by atoms with van der Waals surface area (Å²) in [4.78, 5) is 39.1. The van der Waals surface area contributed by atoms with Gasteiger partial charge in [-0.3, -0.25) is 14.9 Å². The van der Waals surface area contributed by atoms with E-state index in [1.807, 2.05) is 31.4 Å². The van der Waals surface area contributed by atoms with Gasteiger partial charge in [0.2, 0.25) is 5.75 Å². The van der Waals surface area contributed by atoms with Gasteiger partial charge in [0.15, 0.2) is 11.5 Å². The van der Waals surface area contributed by atoms with Crippen LogP contribution in [0, 0.1) is 10.1 Å². The number of ether oxygens (including phenoxy) is 3. The van der Waals surface area contributed by atoms with E-state index >= 15 is 0 Å². The number of dihydropyridines is 1. The Bertz CT molecular complexity index is 1310. The molecule has 1 aliphatic carbocycles. The summed E-state index contributed by atoms with van der Waals surface area (Å²) in [6, 6.07) is 6.53. The van der Waals surface area contributed by atoms with Crippen molar-refractivity contribution in [2.75, 3.05) is 20.3 Å². The number of nitrogens with zero attached hydrogens (tertiary/aromatic N) is 1. The zero-order valence-electron chi connectivity index (χ0n) is 21.6. The first-order valence-electron chi connectivity index (χ1n) is 12.2. The average Bonchev–Trinajstić information content (AvgIpc) is 3.40. The van der Waals surface area contributed by atoms with Crippen LogP contribution in [0.4, 0.5) is 5.69 Å². The molecule has 1 aromatic carbocycles. The van der Waals surface area contributed by atoms with Gasteiger partial charge in [-0.05, 0) is 50.3 Å². The fourth-order valence-electron chi connectivity index (χ4n) is 4.94. The SMILES string of the molecule is COc1cc([C@@H]2C(C(=O)OCCOC(C)C)=C(C)NC3=C2C(=O)C[C@@H](c2cccs2)C3)cc([N+](=O)[O-])c1O. The minimum absolute atomic E-state index is 0.000136. The number of Topliss-reactive ketones (excluding diaryl/α,β-unsaturated/α-hetero) is 1. The predicted octanol–water partition coefficient (Wildman–Crippen LogP) is 4.70. The molecule has 0 unspecified atom stereocenters. The van der Waals surface area contributed by atoms with Crippen LogP contribution in [-0.2, 0) is 19.1 Å². The molecule has 0 spiro atoms. The minimum Gasteiger partial charge on any atom is -0.500 e. The molecule has 4 rings (SSSR count). The highest BCUT2D eigenvalue weighted by molar-refractivity contribution is 7.10. The number of allylic oxidation sites excluding steroid dienone is 3. The van der Waals surface area contributed by atoms with E-state index < -0.39 is 28.2 Å². The van der Waals surface area contributed by atoms with Gasteiger partial charge < -0.3 is 24.6 Å². The van der Waals surface area contributed by atoms with Gasteiger partial charge in [-0.25, -0.2) is 4.79 Å². The second-order valence-electron chi connectivity index (χ2n) is 9.44. The smallest absolute Gasteiger partial charge is 0.336 e. The van der Waals surface area contributed by atoms with Gasteiger partial charge in [-0.2, -0.15) is 0 Å². The number of hydrogen-bond donors (Lipinski definition) is 2. The Kier molecular flexibility index (Phi) is 8.17.